The van der Waals surface area contributed by atoms with E-state index in [0.29, 0.717) is 28.5 Å². The molecule has 4 aromatic rings. The standard InChI is InChI=1S/C19H15N5O2/c1-26-16-7-3-2-5-14(16)19(25)21-15-6-4-12-24-17(22-23-18(15)24)13-8-10-20-11-9-13/h2-12H,1H3,(H,21,25). The summed E-state index contributed by atoms with van der Waals surface area (Å²) in [5.41, 5.74) is 2.46. The maximum Gasteiger partial charge on any atom is 0.259 e. The first-order valence-electron chi connectivity index (χ1n) is 7.96. The average molecular weight is 345 g/mol. The van der Waals surface area contributed by atoms with E-state index < -0.39 is 0 Å². The van der Waals surface area contributed by atoms with E-state index in [1.54, 1.807) is 36.7 Å². The lowest BCUT2D eigenvalue weighted by atomic mass is 10.2. The maximum absolute atomic E-state index is 12.7. The molecule has 1 amide bonds. The van der Waals surface area contributed by atoms with Gasteiger partial charge in [0.1, 0.15) is 5.75 Å². The van der Waals surface area contributed by atoms with E-state index in [0.717, 1.165) is 5.56 Å². The van der Waals surface area contributed by atoms with Crippen LogP contribution in [0.4, 0.5) is 5.69 Å². The van der Waals surface area contributed by atoms with Crippen molar-refractivity contribution >= 4 is 17.2 Å². The van der Waals surface area contributed by atoms with E-state index in [1.165, 1.54) is 7.11 Å². The van der Waals surface area contributed by atoms with Crippen molar-refractivity contribution in [1.82, 2.24) is 19.6 Å². The lowest BCUT2D eigenvalue weighted by molar-refractivity contribution is 0.102. The van der Waals surface area contributed by atoms with Gasteiger partial charge in [0.15, 0.2) is 11.5 Å². The average Bonchev–Trinajstić information content (AvgIpc) is 3.14. The molecular weight excluding hydrogens is 330 g/mol. The third-order valence-corrected chi connectivity index (χ3v) is 3.97. The second-order valence-electron chi connectivity index (χ2n) is 5.53. The molecule has 0 radical (unpaired) electrons. The Hall–Kier alpha value is -3.74. The van der Waals surface area contributed by atoms with Crippen LogP contribution in [0.5, 0.6) is 5.75 Å². The summed E-state index contributed by atoms with van der Waals surface area (Å²) < 4.78 is 7.08. The monoisotopic (exact) mass is 345 g/mol. The zero-order valence-corrected chi connectivity index (χ0v) is 14.0. The zero-order valence-electron chi connectivity index (χ0n) is 14.0. The Morgan fingerprint density at radius 1 is 1.04 bits per heavy atom. The van der Waals surface area contributed by atoms with Crippen LogP contribution in [0, 0.1) is 0 Å². The van der Waals surface area contributed by atoms with Gasteiger partial charge in [-0.1, -0.05) is 12.1 Å². The molecule has 0 spiro atoms. The Morgan fingerprint density at radius 2 is 1.85 bits per heavy atom. The van der Waals surface area contributed by atoms with Crippen molar-refractivity contribution in [3.63, 3.8) is 0 Å². The highest BCUT2D eigenvalue weighted by molar-refractivity contribution is 6.07. The molecule has 1 aromatic carbocycles. The van der Waals surface area contributed by atoms with Crippen LogP contribution in [0.2, 0.25) is 0 Å². The number of anilines is 1. The van der Waals surface area contributed by atoms with Gasteiger partial charge in [-0.3, -0.25) is 14.2 Å². The van der Waals surface area contributed by atoms with Crippen molar-refractivity contribution < 1.29 is 9.53 Å². The predicted octanol–water partition coefficient (Wildman–Crippen LogP) is 3.05. The molecule has 7 heteroatoms. The van der Waals surface area contributed by atoms with Crippen LogP contribution in [-0.2, 0) is 0 Å². The molecule has 0 aliphatic heterocycles. The fraction of sp³-hybridized carbons (Fsp3) is 0.0526. The normalized spacial score (nSPS) is 10.7. The highest BCUT2D eigenvalue weighted by Crippen LogP contribution is 2.24. The highest BCUT2D eigenvalue weighted by atomic mass is 16.5. The minimum Gasteiger partial charge on any atom is -0.496 e. The van der Waals surface area contributed by atoms with Gasteiger partial charge in [-0.2, -0.15) is 0 Å². The van der Waals surface area contributed by atoms with Gasteiger partial charge in [-0.25, -0.2) is 0 Å². The van der Waals surface area contributed by atoms with Gasteiger partial charge in [-0.15, -0.1) is 10.2 Å². The predicted molar refractivity (Wildman–Crippen MR) is 97.2 cm³/mol. The van der Waals surface area contributed by atoms with Crippen molar-refractivity contribution in [2.45, 2.75) is 0 Å². The summed E-state index contributed by atoms with van der Waals surface area (Å²) in [4.78, 5) is 16.7. The van der Waals surface area contributed by atoms with E-state index >= 15 is 0 Å². The number of amides is 1. The molecule has 0 saturated heterocycles. The van der Waals surface area contributed by atoms with Gasteiger partial charge in [0.25, 0.3) is 5.91 Å². The minimum absolute atomic E-state index is 0.274. The number of rotatable bonds is 4. The van der Waals surface area contributed by atoms with Gasteiger partial charge in [-0.05, 0) is 36.4 Å². The molecule has 0 saturated carbocycles. The molecular formula is C19H15N5O2. The summed E-state index contributed by atoms with van der Waals surface area (Å²) in [6, 6.07) is 14.4. The van der Waals surface area contributed by atoms with E-state index in [4.69, 9.17) is 4.74 Å². The van der Waals surface area contributed by atoms with Gasteiger partial charge < -0.3 is 10.1 Å². The summed E-state index contributed by atoms with van der Waals surface area (Å²) in [5.74, 6) is 0.913. The number of methoxy groups -OCH3 is 1. The molecule has 0 fully saturated rings. The van der Waals surface area contributed by atoms with E-state index in [-0.39, 0.29) is 5.91 Å². The summed E-state index contributed by atoms with van der Waals surface area (Å²) in [6.45, 7) is 0. The third-order valence-electron chi connectivity index (χ3n) is 3.97. The lowest BCUT2D eigenvalue weighted by Crippen LogP contribution is -2.14. The second kappa shape index (κ2) is 6.64. The van der Waals surface area contributed by atoms with E-state index in [9.17, 15) is 4.79 Å². The number of carbonyl (C=O) groups excluding carboxylic acids is 1. The quantitative estimate of drug-likeness (QED) is 0.615. The molecule has 7 nitrogen and oxygen atoms in total. The first-order chi connectivity index (χ1) is 12.8. The van der Waals surface area contributed by atoms with Crippen LogP contribution in [-0.4, -0.2) is 32.6 Å². The Bertz CT molecular complexity index is 1080. The molecule has 3 heterocycles. The number of nitrogens with zero attached hydrogens (tertiary/aromatic N) is 4. The summed E-state index contributed by atoms with van der Waals surface area (Å²) in [5, 5.41) is 11.4. The minimum atomic E-state index is -0.274. The third kappa shape index (κ3) is 2.75. The number of carbonyl (C=O) groups is 1. The number of benzene rings is 1. The molecule has 0 unspecified atom stereocenters. The van der Waals surface area contributed by atoms with Crippen LogP contribution < -0.4 is 10.1 Å². The summed E-state index contributed by atoms with van der Waals surface area (Å²) >= 11 is 0. The number of para-hydroxylation sites is 1. The van der Waals surface area contributed by atoms with Crippen molar-refractivity contribution in [2.24, 2.45) is 0 Å². The number of hydrogen-bond acceptors (Lipinski definition) is 5. The van der Waals surface area contributed by atoms with Crippen molar-refractivity contribution in [2.75, 3.05) is 12.4 Å². The van der Waals surface area contributed by atoms with Crippen LogP contribution >= 0.6 is 0 Å². The number of pyridine rings is 2. The first-order valence-corrected chi connectivity index (χ1v) is 7.96. The number of ether oxygens (including phenoxy) is 1. The smallest absolute Gasteiger partial charge is 0.259 e. The van der Waals surface area contributed by atoms with Gasteiger partial charge >= 0.3 is 0 Å². The second-order valence-corrected chi connectivity index (χ2v) is 5.53. The number of aromatic nitrogens is 4. The van der Waals surface area contributed by atoms with Crippen LogP contribution in [0.3, 0.4) is 0 Å². The first kappa shape index (κ1) is 15.8. The molecule has 1 N–H and O–H groups in total. The SMILES string of the molecule is COc1ccccc1C(=O)Nc1cccn2c(-c3ccncc3)nnc12. The molecule has 3 aromatic heterocycles. The molecule has 0 aliphatic carbocycles. The van der Waals surface area contributed by atoms with Gasteiger partial charge in [0.05, 0.1) is 18.4 Å². The number of nitrogens with one attached hydrogen (secondary N) is 1. The Morgan fingerprint density at radius 3 is 2.65 bits per heavy atom. The Labute approximate surface area is 149 Å². The van der Waals surface area contributed by atoms with Crippen molar-refractivity contribution in [1.29, 1.82) is 0 Å². The largest absolute Gasteiger partial charge is 0.496 e. The van der Waals surface area contributed by atoms with Crippen molar-refractivity contribution in [3.8, 4) is 17.1 Å². The van der Waals surface area contributed by atoms with Gasteiger partial charge in [0.2, 0.25) is 0 Å². The fourth-order valence-electron chi connectivity index (χ4n) is 2.73. The fourth-order valence-corrected chi connectivity index (χ4v) is 2.73. The lowest BCUT2D eigenvalue weighted by Gasteiger charge is -2.09. The Kier molecular flexibility index (Phi) is 4.03. The van der Waals surface area contributed by atoms with Crippen LogP contribution in [0.25, 0.3) is 17.0 Å². The highest BCUT2D eigenvalue weighted by Gasteiger charge is 2.15. The Balaban J connectivity index is 1.72. The van der Waals surface area contributed by atoms with Crippen molar-refractivity contribution in [3.05, 3.63) is 72.7 Å². The zero-order chi connectivity index (χ0) is 17.9. The number of fused-ring (bicyclic) bond motifs is 1. The molecule has 128 valence electrons. The maximum atomic E-state index is 12.7. The van der Waals surface area contributed by atoms with Crippen LogP contribution in [0.1, 0.15) is 10.4 Å². The van der Waals surface area contributed by atoms with E-state index in [1.807, 2.05) is 34.9 Å². The number of hydrogen-bond donors (Lipinski definition) is 1. The molecule has 0 aliphatic rings. The van der Waals surface area contributed by atoms with Gasteiger partial charge in [0, 0.05) is 24.2 Å². The molecule has 0 atom stereocenters. The van der Waals surface area contributed by atoms with Crippen LogP contribution in [0.15, 0.2) is 67.1 Å². The summed E-state index contributed by atoms with van der Waals surface area (Å²) in [7, 11) is 1.53. The summed E-state index contributed by atoms with van der Waals surface area (Å²) in [6.07, 6.45) is 5.25. The molecule has 4 rings (SSSR count). The van der Waals surface area contributed by atoms with E-state index in [2.05, 4.69) is 20.5 Å². The topological polar surface area (TPSA) is 81.4 Å². The molecule has 0 bridgehead atoms. The molecule has 26 heavy (non-hydrogen) atoms.